The zero-order valence-electron chi connectivity index (χ0n) is 15.0. The van der Waals surface area contributed by atoms with Gasteiger partial charge >= 0.3 is 0 Å². The summed E-state index contributed by atoms with van der Waals surface area (Å²) in [6.07, 6.45) is 2.52. The van der Waals surface area contributed by atoms with Crippen LogP contribution in [0.2, 0.25) is 0 Å². The Kier molecular flexibility index (Phi) is 6.24. The maximum atomic E-state index is 12.6. The summed E-state index contributed by atoms with van der Waals surface area (Å²) in [7, 11) is 0. The standard InChI is InChI=1S/C20H26N2O2S/c1-15-9-16(2)11-17(10-15)21-20(23)14-22(12-18-5-3-7-24-18)13-19-6-4-8-25-19/h4,6,8-11,18H,3,5,7,12-14H2,1-2H3,(H,21,23)/p+1/t18-/m0/s1. The summed E-state index contributed by atoms with van der Waals surface area (Å²) in [4.78, 5) is 15.2. The van der Waals surface area contributed by atoms with Crippen molar-refractivity contribution < 1.29 is 14.4 Å². The van der Waals surface area contributed by atoms with Crippen LogP contribution in [0.3, 0.4) is 0 Å². The first-order valence-corrected chi connectivity index (χ1v) is 9.82. The zero-order chi connectivity index (χ0) is 17.6. The minimum atomic E-state index is 0.0644. The maximum absolute atomic E-state index is 12.6. The predicted molar refractivity (Wildman–Crippen MR) is 102 cm³/mol. The largest absolute Gasteiger partial charge is 0.372 e. The SMILES string of the molecule is Cc1cc(C)cc(NC(=O)C[NH+](Cc2cccs2)C[C@@H]2CCCO2)c1. The van der Waals surface area contributed by atoms with E-state index in [0.717, 1.165) is 49.4 Å². The zero-order valence-corrected chi connectivity index (χ0v) is 15.8. The molecule has 1 aromatic carbocycles. The highest BCUT2D eigenvalue weighted by atomic mass is 32.1. The fraction of sp³-hybridized carbons (Fsp3) is 0.450. The number of ether oxygens (including phenoxy) is 1. The molecule has 2 atom stereocenters. The van der Waals surface area contributed by atoms with Crippen molar-refractivity contribution >= 4 is 22.9 Å². The molecule has 1 unspecified atom stereocenters. The van der Waals surface area contributed by atoms with Gasteiger partial charge in [-0.25, -0.2) is 0 Å². The van der Waals surface area contributed by atoms with Gasteiger partial charge in [-0.15, -0.1) is 11.3 Å². The van der Waals surface area contributed by atoms with Crippen molar-refractivity contribution in [1.29, 1.82) is 0 Å². The second-order valence-corrected chi connectivity index (χ2v) is 7.98. The minimum absolute atomic E-state index is 0.0644. The average molecular weight is 360 g/mol. The summed E-state index contributed by atoms with van der Waals surface area (Å²) in [5.41, 5.74) is 3.21. The molecule has 134 valence electrons. The first kappa shape index (κ1) is 18.1. The molecule has 4 nitrogen and oxygen atoms in total. The van der Waals surface area contributed by atoms with E-state index >= 15 is 0 Å². The number of carbonyl (C=O) groups excluding carboxylic acids is 1. The average Bonchev–Trinajstić information content (AvgIpc) is 3.19. The van der Waals surface area contributed by atoms with E-state index in [4.69, 9.17) is 4.74 Å². The fourth-order valence-electron chi connectivity index (χ4n) is 3.47. The van der Waals surface area contributed by atoms with Gasteiger partial charge in [-0.2, -0.15) is 0 Å². The van der Waals surface area contributed by atoms with Crippen LogP contribution in [-0.2, 0) is 16.1 Å². The van der Waals surface area contributed by atoms with Crippen molar-refractivity contribution in [1.82, 2.24) is 0 Å². The summed E-state index contributed by atoms with van der Waals surface area (Å²) >= 11 is 1.75. The number of amides is 1. The molecule has 2 aromatic rings. The van der Waals surface area contributed by atoms with Gasteiger partial charge in [0, 0.05) is 12.3 Å². The summed E-state index contributed by atoms with van der Waals surface area (Å²) in [6, 6.07) is 10.4. The van der Waals surface area contributed by atoms with Crippen LogP contribution < -0.4 is 10.2 Å². The van der Waals surface area contributed by atoms with E-state index in [-0.39, 0.29) is 12.0 Å². The number of hydrogen-bond donors (Lipinski definition) is 2. The number of benzene rings is 1. The quantitative estimate of drug-likeness (QED) is 0.798. The molecular formula is C20H27N2O2S+. The molecule has 2 N–H and O–H groups in total. The van der Waals surface area contributed by atoms with Gasteiger partial charge in [0.2, 0.25) is 0 Å². The summed E-state index contributed by atoms with van der Waals surface area (Å²) in [6.45, 7) is 7.18. The second kappa shape index (κ2) is 8.61. The minimum Gasteiger partial charge on any atom is -0.372 e. The Hall–Kier alpha value is -1.69. The monoisotopic (exact) mass is 359 g/mol. The molecular weight excluding hydrogens is 332 g/mol. The number of aryl methyl sites for hydroxylation is 2. The van der Waals surface area contributed by atoms with Crippen LogP contribution in [0.5, 0.6) is 0 Å². The Morgan fingerprint density at radius 2 is 2.12 bits per heavy atom. The van der Waals surface area contributed by atoms with E-state index in [1.807, 2.05) is 12.1 Å². The van der Waals surface area contributed by atoms with Crippen molar-refractivity contribution in [2.75, 3.05) is 25.0 Å². The Balaban J connectivity index is 1.62. The highest BCUT2D eigenvalue weighted by Crippen LogP contribution is 2.14. The Labute approximate surface area is 153 Å². The molecule has 1 amide bonds. The van der Waals surface area contributed by atoms with Crippen molar-refractivity contribution in [3.05, 3.63) is 51.7 Å². The fourth-order valence-corrected chi connectivity index (χ4v) is 4.25. The van der Waals surface area contributed by atoms with Crippen molar-refractivity contribution in [2.45, 2.75) is 39.3 Å². The van der Waals surface area contributed by atoms with Gasteiger partial charge in [0.25, 0.3) is 5.91 Å². The first-order valence-electron chi connectivity index (χ1n) is 8.94. The van der Waals surface area contributed by atoms with E-state index in [9.17, 15) is 4.79 Å². The Bertz CT molecular complexity index is 673. The van der Waals surface area contributed by atoms with Gasteiger partial charge < -0.3 is 15.0 Å². The molecule has 1 aliphatic rings. The number of thiophene rings is 1. The lowest BCUT2D eigenvalue weighted by Gasteiger charge is -2.21. The van der Waals surface area contributed by atoms with Crippen molar-refractivity contribution in [2.24, 2.45) is 0 Å². The van der Waals surface area contributed by atoms with Crippen LogP contribution in [0, 0.1) is 13.8 Å². The van der Waals surface area contributed by atoms with Gasteiger partial charge in [-0.05, 0) is 61.4 Å². The molecule has 0 spiro atoms. The topological polar surface area (TPSA) is 42.8 Å². The maximum Gasteiger partial charge on any atom is 0.279 e. The van der Waals surface area contributed by atoms with Gasteiger partial charge in [0.1, 0.15) is 19.2 Å². The van der Waals surface area contributed by atoms with Gasteiger partial charge in [0.05, 0.1) is 4.88 Å². The van der Waals surface area contributed by atoms with Gasteiger partial charge in [0.15, 0.2) is 6.54 Å². The molecule has 1 saturated heterocycles. The number of quaternary nitrogens is 1. The molecule has 0 bridgehead atoms. The molecule has 2 heterocycles. The molecule has 1 aromatic heterocycles. The normalized spacial score (nSPS) is 18.2. The molecule has 0 radical (unpaired) electrons. The smallest absolute Gasteiger partial charge is 0.279 e. The molecule has 3 rings (SSSR count). The molecule has 1 aliphatic heterocycles. The number of hydrogen-bond acceptors (Lipinski definition) is 3. The molecule has 25 heavy (non-hydrogen) atoms. The third-order valence-electron chi connectivity index (χ3n) is 4.46. The summed E-state index contributed by atoms with van der Waals surface area (Å²) in [5.74, 6) is 0.0644. The van der Waals surface area contributed by atoms with E-state index in [1.165, 1.54) is 9.78 Å². The van der Waals surface area contributed by atoms with E-state index in [2.05, 4.69) is 42.7 Å². The third-order valence-corrected chi connectivity index (χ3v) is 5.34. The summed E-state index contributed by atoms with van der Waals surface area (Å²) < 4.78 is 5.78. The van der Waals surface area contributed by atoms with Crippen LogP contribution in [-0.4, -0.2) is 31.7 Å². The lowest BCUT2D eigenvalue weighted by molar-refractivity contribution is -0.908. The van der Waals surface area contributed by atoms with Gasteiger partial charge in [-0.3, -0.25) is 4.79 Å². The molecule has 1 fully saturated rings. The molecule has 0 aliphatic carbocycles. The first-order chi connectivity index (χ1) is 12.1. The number of rotatable bonds is 7. The Morgan fingerprint density at radius 1 is 1.32 bits per heavy atom. The van der Waals surface area contributed by atoms with Crippen LogP contribution in [0.15, 0.2) is 35.7 Å². The van der Waals surface area contributed by atoms with Gasteiger partial charge in [-0.1, -0.05) is 12.1 Å². The highest BCUT2D eigenvalue weighted by molar-refractivity contribution is 7.09. The number of nitrogens with one attached hydrogen (secondary N) is 2. The second-order valence-electron chi connectivity index (χ2n) is 6.95. The highest BCUT2D eigenvalue weighted by Gasteiger charge is 2.24. The Morgan fingerprint density at radius 3 is 2.76 bits per heavy atom. The van der Waals surface area contributed by atoms with E-state index < -0.39 is 0 Å². The molecule has 5 heteroatoms. The van der Waals surface area contributed by atoms with E-state index in [0.29, 0.717) is 6.54 Å². The third kappa shape index (κ3) is 5.66. The number of anilines is 1. The number of carbonyl (C=O) groups is 1. The van der Waals surface area contributed by atoms with Crippen LogP contribution in [0.1, 0.15) is 28.8 Å². The van der Waals surface area contributed by atoms with Crippen LogP contribution >= 0.6 is 11.3 Å². The predicted octanol–water partition coefficient (Wildman–Crippen LogP) is 2.57. The van der Waals surface area contributed by atoms with Crippen LogP contribution in [0.4, 0.5) is 5.69 Å². The van der Waals surface area contributed by atoms with Crippen molar-refractivity contribution in [3.63, 3.8) is 0 Å². The van der Waals surface area contributed by atoms with Crippen LogP contribution in [0.25, 0.3) is 0 Å². The summed E-state index contributed by atoms with van der Waals surface area (Å²) in [5, 5.41) is 5.15. The van der Waals surface area contributed by atoms with E-state index in [1.54, 1.807) is 11.3 Å². The molecule has 0 saturated carbocycles. The lowest BCUT2D eigenvalue weighted by atomic mass is 10.1. The van der Waals surface area contributed by atoms with Crippen molar-refractivity contribution in [3.8, 4) is 0 Å². The lowest BCUT2D eigenvalue weighted by Crippen LogP contribution is -3.12.